The number of hydrogen-bond acceptors (Lipinski definition) is 5. The van der Waals surface area contributed by atoms with Crippen LogP contribution in [-0.4, -0.2) is 53.4 Å². The van der Waals surface area contributed by atoms with Gasteiger partial charge in [-0.3, -0.25) is 9.10 Å². The molecule has 0 saturated carbocycles. The topological polar surface area (TPSA) is 79.0 Å². The lowest BCUT2D eigenvalue weighted by Gasteiger charge is -2.29. The molecule has 29 heavy (non-hydrogen) atoms. The number of hydrogen-bond donors (Lipinski definition) is 1. The van der Waals surface area contributed by atoms with Gasteiger partial charge in [-0.05, 0) is 61.4 Å². The molecule has 1 saturated heterocycles. The van der Waals surface area contributed by atoms with Gasteiger partial charge in [-0.25, -0.2) is 8.42 Å². The molecule has 1 aliphatic rings. The maximum absolute atomic E-state index is 12.6. The van der Waals surface area contributed by atoms with Crippen molar-refractivity contribution >= 4 is 33.0 Å². The zero-order valence-electron chi connectivity index (χ0n) is 17.0. The van der Waals surface area contributed by atoms with Crippen LogP contribution in [0.15, 0.2) is 42.5 Å². The second-order valence-electron chi connectivity index (χ2n) is 7.31. The van der Waals surface area contributed by atoms with Crippen LogP contribution in [-0.2, 0) is 19.6 Å². The highest BCUT2D eigenvalue weighted by molar-refractivity contribution is 7.92. The first kappa shape index (κ1) is 21.1. The third kappa shape index (κ3) is 5.71. The Balaban J connectivity index is 1.70. The Morgan fingerprint density at radius 2 is 1.66 bits per heavy atom. The molecular formula is C21H27N3O4S. The number of ether oxygens (including phenoxy) is 1. The zero-order valence-corrected chi connectivity index (χ0v) is 17.8. The van der Waals surface area contributed by atoms with E-state index in [4.69, 9.17) is 4.74 Å². The first-order chi connectivity index (χ1) is 13.7. The Kier molecular flexibility index (Phi) is 6.44. The van der Waals surface area contributed by atoms with Crippen molar-refractivity contribution in [2.45, 2.75) is 13.8 Å². The standard InChI is InChI=1S/C21H27N3O4S/c1-16-12-17(2)14-20(13-16)24(29(3,26)27)15-21(25)22-18-4-6-19(7-5-18)23-8-10-28-11-9-23/h4-7,12-14H,8-11,15H2,1-3H3,(H,22,25). The molecule has 0 radical (unpaired) electrons. The fourth-order valence-electron chi connectivity index (χ4n) is 3.40. The number of nitrogens with one attached hydrogen (secondary N) is 1. The minimum absolute atomic E-state index is 0.285. The predicted molar refractivity (Wildman–Crippen MR) is 116 cm³/mol. The first-order valence-corrected chi connectivity index (χ1v) is 11.4. The SMILES string of the molecule is Cc1cc(C)cc(N(CC(=O)Nc2ccc(N3CCOCC3)cc2)S(C)(=O)=O)c1. The Bertz CT molecular complexity index is 948. The summed E-state index contributed by atoms with van der Waals surface area (Å²) in [5.74, 6) is -0.395. The number of carbonyl (C=O) groups is 1. The summed E-state index contributed by atoms with van der Waals surface area (Å²) in [4.78, 5) is 14.8. The Hall–Kier alpha value is -2.58. The number of aryl methyl sites for hydroxylation is 2. The van der Waals surface area contributed by atoms with Crippen LogP contribution in [0.1, 0.15) is 11.1 Å². The van der Waals surface area contributed by atoms with E-state index in [1.165, 1.54) is 0 Å². The molecule has 0 bridgehead atoms. The summed E-state index contributed by atoms with van der Waals surface area (Å²) >= 11 is 0. The lowest BCUT2D eigenvalue weighted by molar-refractivity contribution is -0.114. The van der Waals surface area contributed by atoms with Crippen LogP contribution in [0.4, 0.5) is 17.1 Å². The average Bonchev–Trinajstić information content (AvgIpc) is 2.66. The van der Waals surface area contributed by atoms with Gasteiger partial charge in [0.2, 0.25) is 15.9 Å². The monoisotopic (exact) mass is 417 g/mol. The maximum Gasteiger partial charge on any atom is 0.245 e. The third-order valence-electron chi connectivity index (χ3n) is 4.71. The molecule has 0 aromatic heterocycles. The van der Waals surface area contributed by atoms with Gasteiger partial charge in [0.25, 0.3) is 0 Å². The fourth-order valence-corrected chi connectivity index (χ4v) is 4.24. The van der Waals surface area contributed by atoms with E-state index in [1.54, 1.807) is 12.1 Å². The number of benzene rings is 2. The van der Waals surface area contributed by atoms with Gasteiger partial charge >= 0.3 is 0 Å². The molecule has 0 unspecified atom stereocenters. The summed E-state index contributed by atoms with van der Waals surface area (Å²) in [7, 11) is -3.61. The van der Waals surface area contributed by atoms with E-state index in [0.717, 1.165) is 40.5 Å². The molecule has 1 N–H and O–H groups in total. The number of anilines is 3. The van der Waals surface area contributed by atoms with E-state index in [-0.39, 0.29) is 6.54 Å². The van der Waals surface area contributed by atoms with Crippen LogP contribution >= 0.6 is 0 Å². The van der Waals surface area contributed by atoms with Crippen LogP contribution in [0.5, 0.6) is 0 Å². The van der Waals surface area contributed by atoms with Gasteiger partial charge in [0.15, 0.2) is 0 Å². The largest absolute Gasteiger partial charge is 0.378 e. The molecule has 8 heteroatoms. The minimum Gasteiger partial charge on any atom is -0.378 e. The van der Waals surface area contributed by atoms with Gasteiger partial charge in [-0.15, -0.1) is 0 Å². The molecule has 2 aromatic carbocycles. The van der Waals surface area contributed by atoms with E-state index in [1.807, 2.05) is 44.2 Å². The number of morpholine rings is 1. The molecule has 7 nitrogen and oxygen atoms in total. The minimum atomic E-state index is -3.61. The van der Waals surface area contributed by atoms with Gasteiger partial charge in [-0.1, -0.05) is 6.07 Å². The highest BCUT2D eigenvalue weighted by atomic mass is 32.2. The normalized spacial score (nSPS) is 14.5. The van der Waals surface area contributed by atoms with Crippen LogP contribution in [0.3, 0.4) is 0 Å². The Morgan fingerprint density at radius 1 is 1.07 bits per heavy atom. The van der Waals surface area contributed by atoms with Crippen LogP contribution in [0, 0.1) is 13.8 Å². The van der Waals surface area contributed by atoms with Gasteiger partial charge < -0.3 is 15.0 Å². The van der Waals surface area contributed by atoms with Crippen molar-refractivity contribution in [3.8, 4) is 0 Å². The number of nitrogens with zero attached hydrogens (tertiary/aromatic N) is 2. The second-order valence-corrected chi connectivity index (χ2v) is 9.22. The number of sulfonamides is 1. The van der Waals surface area contributed by atoms with Crippen molar-refractivity contribution in [2.75, 3.05) is 53.6 Å². The Morgan fingerprint density at radius 3 is 2.21 bits per heavy atom. The summed E-state index contributed by atoms with van der Waals surface area (Å²) < 4.78 is 31.1. The summed E-state index contributed by atoms with van der Waals surface area (Å²) in [5.41, 5.74) is 4.06. The molecule has 1 heterocycles. The molecule has 1 amide bonds. The fraction of sp³-hybridized carbons (Fsp3) is 0.381. The first-order valence-electron chi connectivity index (χ1n) is 9.51. The van der Waals surface area contributed by atoms with Crippen LogP contribution in [0.25, 0.3) is 0 Å². The zero-order chi connectivity index (χ0) is 21.0. The molecule has 0 spiro atoms. The quantitative estimate of drug-likeness (QED) is 0.781. The highest BCUT2D eigenvalue weighted by Crippen LogP contribution is 2.22. The molecule has 0 aliphatic carbocycles. The second kappa shape index (κ2) is 8.84. The smallest absolute Gasteiger partial charge is 0.245 e. The van der Waals surface area contributed by atoms with Crippen molar-refractivity contribution in [1.29, 1.82) is 0 Å². The molecular weight excluding hydrogens is 390 g/mol. The molecule has 1 fully saturated rings. The number of rotatable bonds is 6. The number of carbonyl (C=O) groups excluding carboxylic acids is 1. The van der Waals surface area contributed by atoms with E-state index in [2.05, 4.69) is 10.2 Å². The van der Waals surface area contributed by atoms with E-state index < -0.39 is 15.9 Å². The summed E-state index contributed by atoms with van der Waals surface area (Å²) in [6.45, 7) is 6.60. The van der Waals surface area contributed by atoms with Crippen molar-refractivity contribution in [2.24, 2.45) is 0 Å². The van der Waals surface area contributed by atoms with Gasteiger partial charge in [-0.2, -0.15) is 0 Å². The predicted octanol–water partition coefficient (Wildman–Crippen LogP) is 2.54. The molecule has 1 aliphatic heterocycles. The lowest BCUT2D eigenvalue weighted by atomic mass is 10.1. The Labute approximate surface area is 172 Å². The van der Waals surface area contributed by atoms with Gasteiger partial charge in [0.1, 0.15) is 6.54 Å². The molecule has 156 valence electrons. The summed E-state index contributed by atoms with van der Waals surface area (Å²) in [5, 5.41) is 2.79. The summed E-state index contributed by atoms with van der Waals surface area (Å²) in [6.07, 6.45) is 1.11. The molecule has 0 atom stereocenters. The lowest BCUT2D eigenvalue weighted by Crippen LogP contribution is -2.37. The van der Waals surface area contributed by atoms with Crippen molar-refractivity contribution in [3.05, 3.63) is 53.6 Å². The number of amides is 1. The highest BCUT2D eigenvalue weighted by Gasteiger charge is 2.21. The van der Waals surface area contributed by atoms with Crippen molar-refractivity contribution < 1.29 is 17.9 Å². The van der Waals surface area contributed by atoms with Gasteiger partial charge in [0, 0.05) is 24.5 Å². The van der Waals surface area contributed by atoms with Gasteiger partial charge in [0.05, 0.1) is 25.2 Å². The van der Waals surface area contributed by atoms with Crippen molar-refractivity contribution in [1.82, 2.24) is 0 Å². The average molecular weight is 418 g/mol. The van der Waals surface area contributed by atoms with E-state index >= 15 is 0 Å². The van der Waals surface area contributed by atoms with Crippen LogP contribution in [0.2, 0.25) is 0 Å². The molecule has 2 aromatic rings. The van der Waals surface area contributed by atoms with E-state index in [9.17, 15) is 13.2 Å². The summed E-state index contributed by atoms with van der Waals surface area (Å²) in [6, 6.07) is 13.0. The third-order valence-corrected chi connectivity index (χ3v) is 5.85. The van der Waals surface area contributed by atoms with Crippen molar-refractivity contribution in [3.63, 3.8) is 0 Å². The van der Waals surface area contributed by atoms with E-state index in [0.29, 0.717) is 24.6 Å². The maximum atomic E-state index is 12.6. The van der Waals surface area contributed by atoms with Crippen LogP contribution < -0.4 is 14.5 Å². The molecule has 3 rings (SSSR count).